The molecular weight excluding hydrogens is 316 g/mol. The van der Waals surface area contributed by atoms with Gasteiger partial charge < -0.3 is 15.0 Å². The molecule has 2 aromatic rings. The van der Waals surface area contributed by atoms with Crippen LogP contribution in [0.25, 0.3) is 0 Å². The van der Waals surface area contributed by atoms with Crippen LogP contribution in [0.5, 0.6) is 0 Å². The number of carbonyl (C=O) groups is 1. The van der Waals surface area contributed by atoms with Gasteiger partial charge in [0.15, 0.2) is 0 Å². The van der Waals surface area contributed by atoms with Crippen molar-refractivity contribution >= 4 is 23.3 Å². The van der Waals surface area contributed by atoms with Crippen LogP contribution in [0.15, 0.2) is 36.5 Å². The molecule has 0 aliphatic heterocycles. The van der Waals surface area contributed by atoms with Gasteiger partial charge in [-0.2, -0.15) is 0 Å². The summed E-state index contributed by atoms with van der Waals surface area (Å²) in [6.45, 7) is 2.13. The first kappa shape index (κ1) is 17.2. The predicted octanol–water partition coefficient (Wildman–Crippen LogP) is 3.29. The van der Waals surface area contributed by atoms with Crippen LogP contribution in [0.2, 0.25) is 5.15 Å². The van der Waals surface area contributed by atoms with Crippen LogP contribution >= 0.6 is 11.6 Å². The van der Waals surface area contributed by atoms with Gasteiger partial charge in [-0.05, 0) is 31.2 Å². The Morgan fingerprint density at radius 1 is 1.39 bits per heavy atom. The first-order chi connectivity index (χ1) is 11.0. The van der Waals surface area contributed by atoms with Crippen LogP contribution in [-0.2, 0) is 4.74 Å². The Morgan fingerprint density at radius 2 is 2.17 bits per heavy atom. The minimum atomic E-state index is -0.290. The summed E-state index contributed by atoms with van der Waals surface area (Å²) in [5.74, 6) is 0. The molecule has 0 spiro atoms. The molecular formula is C16H19ClN4O2. The van der Waals surface area contributed by atoms with E-state index < -0.39 is 0 Å². The SMILES string of the molecule is COC[C@H](c1ccccn1)N(C)C(=O)Nc1ccc(Cl)nc1C. The van der Waals surface area contributed by atoms with Gasteiger partial charge in [-0.1, -0.05) is 17.7 Å². The van der Waals surface area contributed by atoms with E-state index in [2.05, 4.69) is 15.3 Å². The summed E-state index contributed by atoms with van der Waals surface area (Å²) in [6, 6.07) is 8.37. The van der Waals surface area contributed by atoms with Crippen molar-refractivity contribution in [1.82, 2.24) is 14.9 Å². The Labute approximate surface area is 140 Å². The van der Waals surface area contributed by atoms with E-state index in [0.717, 1.165) is 5.69 Å². The molecule has 7 heteroatoms. The van der Waals surface area contributed by atoms with Crippen molar-refractivity contribution < 1.29 is 9.53 Å². The first-order valence-electron chi connectivity index (χ1n) is 7.09. The van der Waals surface area contributed by atoms with Crippen molar-refractivity contribution in [1.29, 1.82) is 0 Å². The van der Waals surface area contributed by atoms with Crippen LogP contribution in [-0.4, -0.2) is 41.7 Å². The zero-order chi connectivity index (χ0) is 16.8. The molecule has 2 rings (SSSR count). The molecule has 0 aromatic carbocycles. The summed E-state index contributed by atoms with van der Waals surface area (Å²) in [5, 5.41) is 3.22. The molecule has 2 aromatic heterocycles. The van der Waals surface area contributed by atoms with Crippen LogP contribution in [0.3, 0.4) is 0 Å². The summed E-state index contributed by atoms with van der Waals surface area (Å²) in [4.78, 5) is 22.5. The highest BCUT2D eigenvalue weighted by Crippen LogP contribution is 2.20. The van der Waals surface area contributed by atoms with Crippen molar-refractivity contribution in [2.45, 2.75) is 13.0 Å². The van der Waals surface area contributed by atoms with Crippen molar-refractivity contribution in [2.75, 3.05) is 26.1 Å². The molecule has 122 valence electrons. The smallest absolute Gasteiger partial charge is 0.322 e. The number of nitrogens with one attached hydrogen (secondary N) is 1. The fraction of sp³-hybridized carbons (Fsp3) is 0.312. The standard InChI is InChI=1S/C16H19ClN4O2/c1-11-12(7-8-15(17)19-11)20-16(22)21(2)14(10-23-3)13-6-4-5-9-18-13/h4-9,14H,10H2,1-3H3,(H,20,22)/t14-/m1/s1. The minimum absolute atomic E-state index is 0.273. The maximum absolute atomic E-state index is 12.5. The molecule has 0 aliphatic rings. The van der Waals surface area contributed by atoms with Crippen molar-refractivity contribution in [3.63, 3.8) is 0 Å². The van der Waals surface area contributed by atoms with Crippen molar-refractivity contribution in [2.24, 2.45) is 0 Å². The lowest BCUT2D eigenvalue weighted by Crippen LogP contribution is -2.37. The molecule has 0 fully saturated rings. The van der Waals surface area contributed by atoms with E-state index in [1.807, 2.05) is 18.2 Å². The average molecular weight is 335 g/mol. The van der Waals surface area contributed by atoms with Gasteiger partial charge in [0.25, 0.3) is 0 Å². The van der Waals surface area contributed by atoms with Gasteiger partial charge in [-0.3, -0.25) is 4.98 Å². The Morgan fingerprint density at radius 3 is 2.78 bits per heavy atom. The van der Waals surface area contributed by atoms with Gasteiger partial charge in [0, 0.05) is 20.4 Å². The maximum atomic E-state index is 12.5. The third-order valence-electron chi connectivity index (χ3n) is 3.44. The number of carbonyl (C=O) groups excluding carboxylic acids is 1. The molecule has 0 aliphatic carbocycles. The van der Waals surface area contributed by atoms with E-state index in [0.29, 0.717) is 23.1 Å². The van der Waals surface area contributed by atoms with Gasteiger partial charge in [0.2, 0.25) is 0 Å². The summed E-state index contributed by atoms with van der Waals surface area (Å²) in [6.07, 6.45) is 1.69. The number of hydrogen-bond donors (Lipinski definition) is 1. The summed E-state index contributed by atoms with van der Waals surface area (Å²) < 4.78 is 5.23. The van der Waals surface area contributed by atoms with Gasteiger partial charge in [-0.15, -0.1) is 0 Å². The van der Waals surface area contributed by atoms with Gasteiger partial charge in [-0.25, -0.2) is 9.78 Å². The maximum Gasteiger partial charge on any atom is 0.322 e. The Kier molecular flexibility index (Phi) is 5.90. The van der Waals surface area contributed by atoms with E-state index >= 15 is 0 Å². The predicted molar refractivity (Wildman–Crippen MR) is 89.6 cm³/mol. The van der Waals surface area contributed by atoms with E-state index in [1.54, 1.807) is 44.3 Å². The molecule has 1 N–H and O–H groups in total. The Hall–Kier alpha value is -2.18. The van der Waals surface area contributed by atoms with Crippen LogP contribution in [0, 0.1) is 6.92 Å². The average Bonchev–Trinajstić information content (AvgIpc) is 2.55. The second kappa shape index (κ2) is 7.89. The fourth-order valence-corrected chi connectivity index (χ4v) is 2.32. The van der Waals surface area contributed by atoms with Crippen LogP contribution < -0.4 is 5.32 Å². The molecule has 0 saturated carbocycles. The molecule has 1 atom stereocenters. The van der Waals surface area contributed by atoms with Crippen molar-refractivity contribution in [3.8, 4) is 0 Å². The second-order valence-electron chi connectivity index (χ2n) is 5.03. The fourth-order valence-electron chi connectivity index (χ4n) is 2.13. The molecule has 23 heavy (non-hydrogen) atoms. The number of methoxy groups -OCH3 is 1. The van der Waals surface area contributed by atoms with Gasteiger partial charge in [0.05, 0.1) is 29.7 Å². The lowest BCUT2D eigenvalue weighted by Gasteiger charge is -2.27. The summed E-state index contributed by atoms with van der Waals surface area (Å²) in [7, 11) is 3.29. The quantitative estimate of drug-likeness (QED) is 0.852. The lowest BCUT2D eigenvalue weighted by atomic mass is 10.2. The number of hydrogen-bond acceptors (Lipinski definition) is 4. The number of rotatable bonds is 5. The highest BCUT2D eigenvalue weighted by Gasteiger charge is 2.23. The Bertz CT molecular complexity index is 666. The number of likely N-dealkylation sites (N-methyl/N-ethyl adjacent to an activating group) is 1. The van der Waals surface area contributed by atoms with Gasteiger partial charge >= 0.3 is 6.03 Å². The Balaban J connectivity index is 2.16. The van der Waals surface area contributed by atoms with E-state index in [1.165, 1.54) is 0 Å². The number of aryl methyl sites for hydroxylation is 1. The van der Waals surface area contributed by atoms with E-state index in [-0.39, 0.29) is 12.1 Å². The molecule has 0 radical (unpaired) electrons. The molecule has 6 nitrogen and oxygen atoms in total. The monoisotopic (exact) mass is 334 g/mol. The minimum Gasteiger partial charge on any atom is -0.382 e. The van der Waals surface area contributed by atoms with Gasteiger partial charge in [0.1, 0.15) is 5.15 Å². The van der Waals surface area contributed by atoms with E-state index in [9.17, 15) is 4.79 Å². The number of halogens is 1. The molecule has 0 bridgehead atoms. The molecule has 2 heterocycles. The highest BCUT2D eigenvalue weighted by atomic mass is 35.5. The number of ether oxygens (including phenoxy) is 1. The number of aromatic nitrogens is 2. The van der Waals surface area contributed by atoms with Crippen LogP contribution in [0.1, 0.15) is 17.4 Å². The van der Waals surface area contributed by atoms with Crippen molar-refractivity contribution in [3.05, 3.63) is 53.1 Å². The third-order valence-corrected chi connectivity index (χ3v) is 3.65. The number of nitrogens with zero attached hydrogens (tertiary/aromatic N) is 3. The molecule has 0 saturated heterocycles. The lowest BCUT2D eigenvalue weighted by molar-refractivity contribution is 0.119. The molecule has 0 unspecified atom stereocenters. The number of urea groups is 1. The zero-order valence-corrected chi connectivity index (χ0v) is 14.0. The zero-order valence-electron chi connectivity index (χ0n) is 13.3. The number of pyridine rings is 2. The summed E-state index contributed by atoms with van der Waals surface area (Å²) in [5.41, 5.74) is 2.03. The van der Waals surface area contributed by atoms with Crippen LogP contribution in [0.4, 0.5) is 10.5 Å². The number of anilines is 1. The summed E-state index contributed by atoms with van der Waals surface area (Å²) >= 11 is 5.83. The normalized spacial score (nSPS) is 11.8. The highest BCUT2D eigenvalue weighted by molar-refractivity contribution is 6.29. The first-order valence-corrected chi connectivity index (χ1v) is 7.47. The second-order valence-corrected chi connectivity index (χ2v) is 5.42. The number of amides is 2. The van der Waals surface area contributed by atoms with E-state index in [4.69, 9.17) is 16.3 Å². The largest absolute Gasteiger partial charge is 0.382 e. The third kappa shape index (κ3) is 4.40. The topological polar surface area (TPSA) is 67.3 Å². The molecule has 2 amide bonds.